The number of hydrogen-bond acceptors (Lipinski definition) is 3. The van der Waals surface area contributed by atoms with Crippen LogP contribution in [0.4, 0.5) is 11.4 Å². The van der Waals surface area contributed by atoms with Crippen molar-refractivity contribution in [3.05, 3.63) is 24.3 Å². The molecule has 4 nitrogen and oxygen atoms in total. The number of nitrogens with zero attached hydrogens (tertiary/aromatic N) is 2. The van der Waals surface area contributed by atoms with Gasteiger partial charge in [-0.1, -0.05) is 12.1 Å². The Morgan fingerprint density at radius 2 is 2.00 bits per heavy atom. The molecular formula is C14H19N3O. The molecule has 1 fully saturated rings. The highest BCUT2D eigenvalue weighted by atomic mass is 16.2. The van der Waals surface area contributed by atoms with E-state index in [1.54, 1.807) is 6.92 Å². The third-order valence-corrected chi connectivity index (χ3v) is 4.00. The number of rotatable bonds is 1. The number of hydrogen-bond donors (Lipinski definition) is 1. The van der Waals surface area contributed by atoms with E-state index in [4.69, 9.17) is 0 Å². The van der Waals surface area contributed by atoms with E-state index in [1.807, 2.05) is 4.90 Å². The number of carbonyl (C=O) groups is 1. The molecule has 0 spiro atoms. The van der Waals surface area contributed by atoms with E-state index in [1.165, 1.54) is 11.4 Å². The molecule has 96 valence electrons. The largest absolute Gasteiger partial charge is 0.366 e. The fourth-order valence-electron chi connectivity index (χ4n) is 2.95. The van der Waals surface area contributed by atoms with Gasteiger partial charge in [-0.15, -0.1) is 0 Å². The zero-order valence-electron chi connectivity index (χ0n) is 10.7. The number of para-hydroxylation sites is 2. The molecule has 2 aliphatic rings. The van der Waals surface area contributed by atoms with Crippen LogP contribution in [-0.2, 0) is 4.79 Å². The molecule has 2 heterocycles. The number of anilines is 2. The Morgan fingerprint density at radius 1 is 1.28 bits per heavy atom. The molecule has 1 aromatic carbocycles. The van der Waals surface area contributed by atoms with Crippen molar-refractivity contribution in [2.24, 2.45) is 0 Å². The van der Waals surface area contributed by atoms with Crippen molar-refractivity contribution >= 4 is 17.3 Å². The minimum atomic E-state index is 0.202. The fraction of sp³-hybridized carbons (Fsp3) is 0.500. The highest BCUT2D eigenvalue weighted by Gasteiger charge is 2.29. The van der Waals surface area contributed by atoms with Gasteiger partial charge in [0.1, 0.15) is 0 Å². The van der Waals surface area contributed by atoms with Crippen LogP contribution in [0, 0.1) is 0 Å². The zero-order valence-corrected chi connectivity index (χ0v) is 10.7. The van der Waals surface area contributed by atoms with Gasteiger partial charge in [0.05, 0.1) is 18.0 Å². The van der Waals surface area contributed by atoms with E-state index in [-0.39, 0.29) is 5.91 Å². The van der Waals surface area contributed by atoms with Gasteiger partial charge in [0.15, 0.2) is 0 Å². The first-order valence-corrected chi connectivity index (χ1v) is 6.61. The summed E-state index contributed by atoms with van der Waals surface area (Å²) < 4.78 is 0. The number of benzene rings is 1. The Labute approximate surface area is 108 Å². The van der Waals surface area contributed by atoms with Gasteiger partial charge in [-0.05, 0) is 25.0 Å². The number of amides is 1. The molecule has 4 heteroatoms. The molecule has 18 heavy (non-hydrogen) atoms. The van der Waals surface area contributed by atoms with Crippen molar-refractivity contribution < 1.29 is 4.79 Å². The molecule has 0 aromatic heterocycles. The molecule has 0 aliphatic carbocycles. The Balaban J connectivity index is 1.70. The normalized spacial score (nSPS) is 19.6. The van der Waals surface area contributed by atoms with Crippen molar-refractivity contribution in [3.63, 3.8) is 0 Å². The lowest BCUT2D eigenvalue weighted by molar-refractivity contribution is -0.129. The molecule has 0 unspecified atom stereocenters. The highest BCUT2D eigenvalue weighted by molar-refractivity contribution is 5.75. The number of carbonyl (C=O) groups excluding carboxylic acids is 1. The van der Waals surface area contributed by atoms with E-state index in [0.29, 0.717) is 6.04 Å². The molecule has 1 N–H and O–H groups in total. The molecule has 1 saturated heterocycles. The Bertz CT molecular complexity index is 452. The average molecular weight is 245 g/mol. The predicted octanol–water partition coefficient (Wildman–Crippen LogP) is 1.89. The SMILES string of the molecule is CC(=O)N1CCC(N2CNc3ccccc32)CC1. The van der Waals surface area contributed by atoms with Crippen LogP contribution >= 0.6 is 0 Å². The standard InChI is InChI=1S/C14H19N3O/c1-11(18)16-8-6-12(7-9-16)17-10-15-13-4-2-3-5-14(13)17/h2-5,12,15H,6-10H2,1H3. The lowest BCUT2D eigenvalue weighted by atomic mass is 10.0. The van der Waals surface area contributed by atoms with Crippen LogP contribution in [0.2, 0.25) is 0 Å². The molecular weight excluding hydrogens is 226 g/mol. The lowest BCUT2D eigenvalue weighted by Crippen LogP contribution is -2.46. The first-order valence-electron chi connectivity index (χ1n) is 6.61. The second-order valence-electron chi connectivity index (χ2n) is 5.06. The van der Waals surface area contributed by atoms with E-state index in [2.05, 4.69) is 34.5 Å². The third kappa shape index (κ3) is 1.92. The molecule has 3 rings (SSSR count). The molecule has 0 atom stereocenters. The van der Waals surface area contributed by atoms with Crippen molar-refractivity contribution in [2.75, 3.05) is 30.0 Å². The van der Waals surface area contributed by atoms with Gasteiger partial charge in [0.2, 0.25) is 5.91 Å². The third-order valence-electron chi connectivity index (χ3n) is 4.00. The van der Waals surface area contributed by atoms with Crippen molar-refractivity contribution in [1.29, 1.82) is 0 Å². The van der Waals surface area contributed by atoms with Crippen LogP contribution in [0.3, 0.4) is 0 Å². The van der Waals surface area contributed by atoms with E-state index >= 15 is 0 Å². The van der Waals surface area contributed by atoms with Gasteiger partial charge in [-0.25, -0.2) is 0 Å². The topological polar surface area (TPSA) is 35.6 Å². The van der Waals surface area contributed by atoms with Crippen molar-refractivity contribution in [2.45, 2.75) is 25.8 Å². The highest BCUT2D eigenvalue weighted by Crippen LogP contribution is 2.34. The van der Waals surface area contributed by atoms with Gasteiger partial charge in [-0.2, -0.15) is 0 Å². The fourth-order valence-corrected chi connectivity index (χ4v) is 2.95. The Hall–Kier alpha value is -1.71. The average Bonchev–Trinajstić information content (AvgIpc) is 2.82. The van der Waals surface area contributed by atoms with Crippen molar-refractivity contribution in [3.8, 4) is 0 Å². The summed E-state index contributed by atoms with van der Waals surface area (Å²) in [6, 6.07) is 9.00. The summed E-state index contributed by atoms with van der Waals surface area (Å²) in [4.78, 5) is 15.7. The quantitative estimate of drug-likeness (QED) is 0.820. The van der Waals surface area contributed by atoms with Gasteiger partial charge >= 0.3 is 0 Å². The predicted molar refractivity (Wildman–Crippen MR) is 72.7 cm³/mol. The van der Waals surface area contributed by atoms with Crippen LogP contribution < -0.4 is 10.2 Å². The minimum Gasteiger partial charge on any atom is -0.366 e. The van der Waals surface area contributed by atoms with E-state index in [0.717, 1.165) is 32.6 Å². The van der Waals surface area contributed by atoms with Gasteiger partial charge in [-0.3, -0.25) is 4.79 Å². The molecule has 1 amide bonds. The summed E-state index contributed by atoms with van der Waals surface area (Å²) in [5, 5.41) is 3.43. The lowest BCUT2D eigenvalue weighted by Gasteiger charge is -2.37. The minimum absolute atomic E-state index is 0.202. The maximum absolute atomic E-state index is 11.3. The van der Waals surface area contributed by atoms with Crippen LogP contribution in [0.15, 0.2) is 24.3 Å². The number of likely N-dealkylation sites (tertiary alicyclic amines) is 1. The monoisotopic (exact) mass is 245 g/mol. The summed E-state index contributed by atoms with van der Waals surface area (Å²) >= 11 is 0. The summed E-state index contributed by atoms with van der Waals surface area (Å²) in [5.74, 6) is 0.202. The smallest absolute Gasteiger partial charge is 0.219 e. The maximum Gasteiger partial charge on any atom is 0.219 e. The zero-order chi connectivity index (χ0) is 12.5. The van der Waals surface area contributed by atoms with E-state index < -0.39 is 0 Å². The van der Waals surface area contributed by atoms with Crippen LogP contribution in [0.25, 0.3) is 0 Å². The second kappa shape index (κ2) is 4.52. The maximum atomic E-state index is 11.3. The van der Waals surface area contributed by atoms with Gasteiger partial charge in [0.25, 0.3) is 0 Å². The molecule has 0 bridgehead atoms. The van der Waals surface area contributed by atoms with Gasteiger partial charge < -0.3 is 15.1 Å². The summed E-state index contributed by atoms with van der Waals surface area (Å²) in [5.41, 5.74) is 2.53. The summed E-state index contributed by atoms with van der Waals surface area (Å²) in [6.07, 6.45) is 2.13. The second-order valence-corrected chi connectivity index (χ2v) is 5.06. The molecule has 0 radical (unpaired) electrons. The van der Waals surface area contributed by atoms with E-state index in [9.17, 15) is 4.79 Å². The van der Waals surface area contributed by atoms with Crippen LogP contribution in [0.1, 0.15) is 19.8 Å². The number of piperidine rings is 1. The number of fused-ring (bicyclic) bond motifs is 1. The molecule has 1 aromatic rings. The summed E-state index contributed by atoms with van der Waals surface area (Å²) in [7, 11) is 0. The van der Waals surface area contributed by atoms with Crippen LogP contribution in [-0.4, -0.2) is 36.6 Å². The molecule has 2 aliphatic heterocycles. The summed E-state index contributed by atoms with van der Waals surface area (Å²) in [6.45, 7) is 4.33. The Morgan fingerprint density at radius 3 is 2.72 bits per heavy atom. The van der Waals surface area contributed by atoms with Gasteiger partial charge in [0, 0.05) is 26.1 Å². The first kappa shape index (κ1) is 11.4. The molecule has 0 saturated carbocycles. The van der Waals surface area contributed by atoms with Crippen LogP contribution in [0.5, 0.6) is 0 Å². The van der Waals surface area contributed by atoms with Crippen molar-refractivity contribution in [1.82, 2.24) is 4.90 Å². The number of nitrogens with one attached hydrogen (secondary N) is 1. The first-order chi connectivity index (χ1) is 8.75. The Kier molecular flexibility index (Phi) is 2.86.